The Kier molecular flexibility index (Phi) is 15.8. The number of rotatable bonds is 8. The maximum absolute atomic E-state index is 11.7. The van der Waals surface area contributed by atoms with Crippen molar-refractivity contribution in [3.63, 3.8) is 0 Å². The predicted octanol–water partition coefficient (Wildman–Crippen LogP) is 8.42. The van der Waals surface area contributed by atoms with E-state index >= 15 is 0 Å². The maximum Gasteiger partial charge on any atom is 0.292 e. The van der Waals surface area contributed by atoms with E-state index in [-0.39, 0.29) is 13.2 Å². The first-order valence-electron chi connectivity index (χ1n) is 11.7. The zero-order valence-corrected chi connectivity index (χ0v) is 24.6. The van der Waals surface area contributed by atoms with E-state index < -0.39 is 40.5 Å². The standard InChI is InChI=1S/2C15H14NO2.2ClH.Pt/c2*16-14(13-9-5-2-6-10-13)15(17)18-11-12-7-3-1-4-8-12;;;/h2*1-10,14,16H,11H2;2*1H;/q2*-1;;;+4/p-2. The third-order valence-corrected chi connectivity index (χ3v) is 5.19. The van der Waals surface area contributed by atoms with E-state index in [9.17, 15) is 9.59 Å². The Morgan fingerprint density at radius 1 is 0.564 bits per heavy atom. The van der Waals surface area contributed by atoms with Gasteiger partial charge in [0, 0.05) is 0 Å². The van der Waals surface area contributed by atoms with E-state index in [4.69, 9.17) is 39.8 Å². The second-order valence-electron chi connectivity index (χ2n) is 7.92. The van der Waals surface area contributed by atoms with E-state index in [1.807, 2.05) is 72.8 Å². The third-order valence-electron chi connectivity index (χ3n) is 5.19. The number of carbonyl (C=O) groups excluding carboxylic acids is 2. The van der Waals surface area contributed by atoms with E-state index in [1.54, 1.807) is 48.5 Å². The molecule has 39 heavy (non-hydrogen) atoms. The van der Waals surface area contributed by atoms with Gasteiger partial charge in [-0.2, -0.15) is 0 Å². The topological polar surface area (TPSA) is 100 Å². The molecule has 0 radical (unpaired) electrons. The first-order chi connectivity index (χ1) is 19.0. The SMILES string of the molecule is [Cl][Pt+2][Cl].[NH-]C(C(=O)OCc1ccccc1)c1ccccc1.[NH-]C(C(=O)OCc1ccccc1)c1ccccc1. The number of benzene rings is 4. The van der Waals surface area contributed by atoms with Crippen molar-refractivity contribution in [3.05, 3.63) is 155 Å². The molecule has 2 N–H and O–H groups in total. The quantitative estimate of drug-likeness (QED) is 0.169. The largest absolute Gasteiger partial charge is 0.661 e. The molecule has 0 aliphatic heterocycles. The second kappa shape index (κ2) is 19.1. The molecule has 0 aliphatic carbocycles. The summed E-state index contributed by atoms with van der Waals surface area (Å²) in [5.74, 6) is -1.05. The fourth-order valence-electron chi connectivity index (χ4n) is 3.19. The van der Waals surface area contributed by atoms with Crippen LogP contribution in [0.15, 0.2) is 121 Å². The Morgan fingerprint density at radius 3 is 1.10 bits per heavy atom. The number of hydrogen-bond acceptors (Lipinski definition) is 4. The van der Waals surface area contributed by atoms with Gasteiger partial charge in [-0.25, -0.2) is 0 Å². The maximum atomic E-state index is 11.7. The summed E-state index contributed by atoms with van der Waals surface area (Å²) in [6, 6.07) is 34.9. The number of halogens is 2. The molecule has 0 amide bonds. The minimum absolute atomic E-state index is 0.210. The van der Waals surface area contributed by atoms with Crippen molar-refractivity contribution in [2.24, 2.45) is 0 Å². The van der Waals surface area contributed by atoms with Gasteiger partial charge in [-0.1, -0.05) is 132 Å². The van der Waals surface area contributed by atoms with Crippen LogP contribution < -0.4 is 0 Å². The predicted molar refractivity (Wildman–Crippen MR) is 151 cm³/mol. The summed E-state index contributed by atoms with van der Waals surface area (Å²) >= 11 is -0.472. The van der Waals surface area contributed by atoms with Crippen molar-refractivity contribution < 1.29 is 35.5 Å². The van der Waals surface area contributed by atoms with Gasteiger partial charge in [0.05, 0.1) is 0 Å². The van der Waals surface area contributed by atoms with Crippen molar-refractivity contribution in [1.29, 1.82) is 0 Å². The molecule has 6 nitrogen and oxygen atoms in total. The summed E-state index contributed by atoms with van der Waals surface area (Å²) in [5.41, 5.74) is 18.8. The minimum Gasteiger partial charge on any atom is -0.661 e. The molecular formula is C30H28Cl2N2O4Pt. The zero-order valence-electron chi connectivity index (χ0n) is 20.8. The molecule has 4 aromatic rings. The number of hydrogen-bond donors (Lipinski definition) is 0. The zero-order chi connectivity index (χ0) is 28.3. The van der Waals surface area contributed by atoms with Crippen molar-refractivity contribution in [2.75, 3.05) is 0 Å². The molecule has 2 unspecified atom stereocenters. The van der Waals surface area contributed by atoms with Gasteiger partial charge in [-0.15, -0.1) is 0 Å². The van der Waals surface area contributed by atoms with Gasteiger partial charge in [0.15, 0.2) is 0 Å². The van der Waals surface area contributed by atoms with Gasteiger partial charge in [-0.05, 0) is 23.2 Å². The van der Waals surface area contributed by atoms with Crippen molar-refractivity contribution in [2.45, 2.75) is 25.3 Å². The van der Waals surface area contributed by atoms with Crippen LogP contribution in [0, 0.1) is 0 Å². The Balaban J connectivity index is 0.000000249. The van der Waals surface area contributed by atoms with Crippen LogP contribution in [0.3, 0.4) is 0 Å². The normalized spacial score (nSPS) is 11.5. The third kappa shape index (κ3) is 12.6. The fourth-order valence-corrected chi connectivity index (χ4v) is 3.19. The Labute approximate surface area is 245 Å². The van der Waals surface area contributed by atoms with Crippen LogP contribution in [-0.2, 0) is 48.8 Å². The molecule has 4 rings (SSSR count). The molecule has 0 saturated carbocycles. The van der Waals surface area contributed by atoms with Crippen molar-refractivity contribution in [3.8, 4) is 0 Å². The summed E-state index contributed by atoms with van der Waals surface area (Å²) in [5, 5.41) is 0. The Hall–Kier alpha value is -2.99. The first kappa shape index (κ1) is 32.2. The first-order valence-corrected chi connectivity index (χ1v) is 17.3. The smallest absolute Gasteiger partial charge is 0.292 e. The molecule has 0 spiro atoms. The van der Waals surface area contributed by atoms with Gasteiger partial charge in [0.1, 0.15) is 13.2 Å². The van der Waals surface area contributed by atoms with Gasteiger partial charge in [0.25, 0.3) is 11.9 Å². The fraction of sp³-hybridized carbons (Fsp3) is 0.133. The van der Waals surface area contributed by atoms with Crippen molar-refractivity contribution in [1.82, 2.24) is 0 Å². The minimum atomic E-state index is -0.977. The summed E-state index contributed by atoms with van der Waals surface area (Å²) < 4.78 is 10.2. The Bertz CT molecular complexity index is 1120. The number of ether oxygens (including phenoxy) is 2. The molecule has 0 heterocycles. The number of esters is 2. The average Bonchev–Trinajstić information content (AvgIpc) is 3.00. The van der Waals surface area contributed by atoms with Crippen LogP contribution in [0.4, 0.5) is 0 Å². The van der Waals surface area contributed by atoms with E-state index in [1.165, 1.54) is 0 Å². The number of carbonyl (C=O) groups is 2. The van der Waals surface area contributed by atoms with Gasteiger partial charge >= 0.3 is 35.3 Å². The Morgan fingerprint density at radius 2 is 0.821 bits per heavy atom. The molecular weight excluding hydrogens is 718 g/mol. The summed E-state index contributed by atoms with van der Waals surface area (Å²) in [6.07, 6.45) is 0. The summed E-state index contributed by atoms with van der Waals surface area (Å²) in [7, 11) is 9.75. The molecule has 0 bridgehead atoms. The van der Waals surface area contributed by atoms with Gasteiger partial charge < -0.3 is 20.9 Å². The molecule has 4 aromatic carbocycles. The molecule has 0 fully saturated rings. The van der Waals surface area contributed by atoms with Gasteiger partial charge in [0.2, 0.25) is 0 Å². The second-order valence-corrected chi connectivity index (χ2v) is 11.2. The van der Waals surface area contributed by atoms with Crippen molar-refractivity contribution >= 4 is 30.8 Å². The molecule has 206 valence electrons. The van der Waals surface area contributed by atoms with Crippen LogP contribution in [0.5, 0.6) is 0 Å². The molecule has 0 aromatic heterocycles. The van der Waals surface area contributed by atoms with E-state index in [2.05, 4.69) is 0 Å². The van der Waals surface area contributed by atoms with E-state index in [0.717, 1.165) is 11.1 Å². The molecule has 9 heteroatoms. The van der Waals surface area contributed by atoms with Crippen LogP contribution in [0.1, 0.15) is 34.3 Å². The summed E-state index contributed by atoms with van der Waals surface area (Å²) in [4.78, 5) is 23.4. The van der Waals surface area contributed by atoms with E-state index in [0.29, 0.717) is 11.1 Å². The van der Waals surface area contributed by atoms with Crippen LogP contribution in [-0.4, -0.2) is 11.9 Å². The van der Waals surface area contributed by atoms with Crippen LogP contribution in [0.2, 0.25) is 0 Å². The molecule has 2 atom stereocenters. The monoisotopic (exact) mass is 745 g/mol. The molecule has 0 saturated heterocycles. The average molecular weight is 747 g/mol. The van der Waals surface area contributed by atoms with Gasteiger partial charge in [-0.3, -0.25) is 9.59 Å². The van der Waals surface area contributed by atoms with Crippen LogP contribution in [0.25, 0.3) is 11.5 Å². The van der Waals surface area contributed by atoms with Crippen LogP contribution >= 0.6 is 18.8 Å². The molecule has 0 aliphatic rings. The number of nitrogens with one attached hydrogen (secondary N) is 2. The summed E-state index contributed by atoms with van der Waals surface area (Å²) in [6.45, 7) is 0.420.